The minimum atomic E-state index is -1.52. The molecule has 10 heteroatoms. The molecule has 6 fully saturated rings. The van der Waals surface area contributed by atoms with Crippen LogP contribution in [0.5, 0.6) is 0 Å². The Kier molecular flexibility index (Phi) is 5.27. The maximum absolute atomic E-state index is 12.4. The lowest BCUT2D eigenvalue weighted by Gasteiger charge is -2.59. The van der Waals surface area contributed by atoms with Crippen LogP contribution < -0.4 is 0 Å². The van der Waals surface area contributed by atoms with Gasteiger partial charge in [0.1, 0.15) is 36.7 Å². The Bertz CT molecular complexity index is 1200. The lowest BCUT2D eigenvalue weighted by molar-refractivity contribution is -0.328. The summed E-state index contributed by atoms with van der Waals surface area (Å²) in [6.45, 7) is 2.89. The molecule has 198 valence electrons. The second kappa shape index (κ2) is 8.16. The number of rotatable bonds is 4. The maximum Gasteiger partial charge on any atom is 0.302 e. The molecule has 1 aromatic rings. The van der Waals surface area contributed by atoms with Gasteiger partial charge in [-0.3, -0.25) is 14.7 Å². The monoisotopic (exact) mass is 512 g/mol. The average Bonchev–Trinajstić information content (AvgIpc) is 3.36. The summed E-state index contributed by atoms with van der Waals surface area (Å²) in [5.41, 5.74) is 3.57. The molecule has 1 spiro atoms. The summed E-state index contributed by atoms with van der Waals surface area (Å²) in [6.07, 6.45) is -4.07. The highest BCUT2D eigenvalue weighted by atomic mass is 16.7. The number of aliphatic hydroxyl groups excluding tert-OH is 4. The summed E-state index contributed by atoms with van der Waals surface area (Å²) in [5, 5.41) is 40.9. The van der Waals surface area contributed by atoms with E-state index in [9.17, 15) is 25.2 Å². The van der Waals surface area contributed by atoms with E-state index in [1.807, 2.05) is 31.2 Å². The number of aliphatic hydroxyl groups is 4. The van der Waals surface area contributed by atoms with Crippen molar-refractivity contribution in [2.45, 2.75) is 87.2 Å². The first-order chi connectivity index (χ1) is 17.8. The summed E-state index contributed by atoms with van der Waals surface area (Å²) in [4.78, 5) is 19.8. The summed E-state index contributed by atoms with van der Waals surface area (Å²) < 4.78 is 18.3. The number of para-hydroxylation sites is 1. The van der Waals surface area contributed by atoms with Crippen LogP contribution in [0.15, 0.2) is 40.9 Å². The van der Waals surface area contributed by atoms with Crippen LogP contribution in [-0.4, -0.2) is 98.7 Å². The van der Waals surface area contributed by atoms with Gasteiger partial charge in [-0.15, -0.1) is 0 Å². The van der Waals surface area contributed by atoms with Crippen molar-refractivity contribution >= 4 is 17.4 Å². The molecule has 1 aliphatic carbocycles. The molecule has 13 atom stereocenters. The standard InChI is InChI=1S/C27H32N2O8/c1-3-12-13-8-16-23-27(14-6-4-5-7-15(14)28-23)9-17(19(13)24(27)35-11(2)31)29(16)25(12)37-26-22(34)21(33)20(32)18(10-30)36-26/h3-7,13,16-22,24-26,30,32-34H,8-10H2,1-2H3/t13-,16+,17+,18-,19?,20-,21+,22-,24-,25-,26+,27-/m1/s1. The first-order valence-corrected chi connectivity index (χ1v) is 13.1. The molecule has 0 aromatic heterocycles. The Morgan fingerprint density at radius 2 is 2.03 bits per heavy atom. The van der Waals surface area contributed by atoms with E-state index in [0.717, 1.165) is 35.4 Å². The van der Waals surface area contributed by atoms with Gasteiger partial charge in [0.2, 0.25) is 0 Å². The third-order valence-corrected chi connectivity index (χ3v) is 9.62. The number of aliphatic imine (C=N–C) groups is 1. The predicted molar refractivity (Wildman–Crippen MR) is 129 cm³/mol. The van der Waals surface area contributed by atoms with Gasteiger partial charge in [-0.2, -0.15) is 0 Å². The summed E-state index contributed by atoms with van der Waals surface area (Å²) in [7, 11) is 0. The molecule has 6 aliphatic heterocycles. The van der Waals surface area contributed by atoms with Crippen molar-refractivity contribution in [3.8, 4) is 0 Å². The maximum atomic E-state index is 12.4. The van der Waals surface area contributed by atoms with Crippen molar-refractivity contribution in [1.29, 1.82) is 0 Å². The number of benzene rings is 1. The number of nitrogens with zero attached hydrogens (tertiary/aromatic N) is 2. The van der Waals surface area contributed by atoms with E-state index in [-0.39, 0.29) is 36.0 Å². The van der Waals surface area contributed by atoms with Crippen molar-refractivity contribution in [3.05, 3.63) is 41.5 Å². The normalized spacial score (nSPS) is 49.7. The van der Waals surface area contributed by atoms with Gasteiger partial charge in [0.05, 0.1) is 29.5 Å². The molecule has 6 heterocycles. The molecule has 7 aliphatic rings. The number of ether oxygens (including phenoxy) is 3. The van der Waals surface area contributed by atoms with Crippen LogP contribution in [0, 0.1) is 11.8 Å². The highest BCUT2D eigenvalue weighted by Crippen LogP contribution is 2.67. The number of hydrogen-bond donors (Lipinski definition) is 4. The molecule has 0 amide bonds. The number of piperidine rings is 4. The summed E-state index contributed by atoms with van der Waals surface area (Å²) >= 11 is 0. The van der Waals surface area contributed by atoms with Crippen molar-refractivity contribution in [2.24, 2.45) is 16.8 Å². The SMILES string of the molecule is CC=C1[C@H]2C[C@H]3C4=Nc5ccccc5[C@]45C[C@@H](C2[C@H]5OC(C)=O)N3[C@@H]1O[C@@H]1O[C@H](CO)[C@@H](O)[C@H](O)[C@H]1O. The molecule has 4 N–H and O–H groups in total. The lowest BCUT2D eigenvalue weighted by Crippen LogP contribution is -2.70. The van der Waals surface area contributed by atoms with E-state index in [1.165, 1.54) is 6.92 Å². The minimum absolute atomic E-state index is 0.0495. The van der Waals surface area contributed by atoms with Gasteiger partial charge in [-0.1, -0.05) is 24.3 Å². The van der Waals surface area contributed by atoms with E-state index in [2.05, 4.69) is 11.0 Å². The Labute approximate surface area is 214 Å². The van der Waals surface area contributed by atoms with Crippen molar-refractivity contribution < 1.29 is 39.4 Å². The highest BCUT2D eigenvalue weighted by molar-refractivity contribution is 6.08. The number of fused-ring (bicyclic) bond motifs is 2. The Morgan fingerprint density at radius 3 is 2.76 bits per heavy atom. The van der Waals surface area contributed by atoms with E-state index >= 15 is 0 Å². The molecule has 8 rings (SSSR count). The van der Waals surface area contributed by atoms with Crippen LogP contribution in [0.4, 0.5) is 5.69 Å². The number of hydrogen-bond acceptors (Lipinski definition) is 10. The molecule has 1 saturated carbocycles. The molecule has 0 radical (unpaired) electrons. The number of allylic oxidation sites excluding steroid dienone is 1. The van der Waals surface area contributed by atoms with Crippen LogP contribution in [0.25, 0.3) is 0 Å². The summed E-state index contributed by atoms with van der Waals surface area (Å²) in [6, 6.07) is 8.10. The zero-order valence-corrected chi connectivity index (χ0v) is 20.7. The third-order valence-electron chi connectivity index (χ3n) is 9.62. The van der Waals surface area contributed by atoms with Crippen LogP contribution >= 0.6 is 0 Å². The first kappa shape index (κ1) is 23.9. The van der Waals surface area contributed by atoms with Gasteiger partial charge in [0, 0.05) is 18.9 Å². The van der Waals surface area contributed by atoms with Gasteiger partial charge >= 0.3 is 5.97 Å². The lowest BCUT2D eigenvalue weighted by atomic mass is 9.66. The fraction of sp³-hybridized carbons (Fsp3) is 0.630. The highest BCUT2D eigenvalue weighted by Gasteiger charge is 2.75. The van der Waals surface area contributed by atoms with E-state index in [0.29, 0.717) is 0 Å². The molecular weight excluding hydrogens is 480 g/mol. The van der Waals surface area contributed by atoms with Gasteiger partial charge in [-0.25, -0.2) is 0 Å². The molecular formula is C27H32N2O8. The number of carbonyl (C=O) groups excluding carboxylic acids is 1. The van der Waals surface area contributed by atoms with Gasteiger partial charge < -0.3 is 34.6 Å². The van der Waals surface area contributed by atoms with Crippen LogP contribution in [0.2, 0.25) is 0 Å². The Balaban J connectivity index is 1.30. The van der Waals surface area contributed by atoms with Gasteiger partial charge in [-0.05, 0) is 42.9 Å². The van der Waals surface area contributed by atoms with E-state index in [4.69, 9.17) is 19.2 Å². The first-order valence-electron chi connectivity index (χ1n) is 13.1. The van der Waals surface area contributed by atoms with Crippen molar-refractivity contribution in [3.63, 3.8) is 0 Å². The van der Waals surface area contributed by atoms with Gasteiger partial charge in [0.15, 0.2) is 6.29 Å². The molecule has 10 nitrogen and oxygen atoms in total. The second-order valence-electron chi connectivity index (χ2n) is 11.1. The molecule has 5 saturated heterocycles. The molecule has 5 bridgehead atoms. The topological polar surface area (TPSA) is 141 Å². The van der Waals surface area contributed by atoms with Crippen LogP contribution in [0.1, 0.15) is 32.3 Å². The smallest absolute Gasteiger partial charge is 0.302 e. The van der Waals surface area contributed by atoms with E-state index < -0.39 is 49.0 Å². The third kappa shape index (κ3) is 2.95. The quantitative estimate of drug-likeness (QED) is 0.327. The molecule has 1 aromatic carbocycles. The van der Waals surface area contributed by atoms with Gasteiger partial charge in [0.25, 0.3) is 0 Å². The zero-order valence-electron chi connectivity index (χ0n) is 20.7. The van der Waals surface area contributed by atoms with Crippen LogP contribution in [-0.2, 0) is 24.4 Å². The molecule has 2 unspecified atom stereocenters. The van der Waals surface area contributed by atoms with Crippen LogP contribution in [0.3, 0.4) is 0 Å². The average molecular weight is 513 g/mol. The fourth-order valence-electron chi connectivity index (χ4n) is 8.32. The largest absolute Gasteiger partial charge is 0.461 e. The van der Waals surface area contributed by atoms with E-state index in [1.54, 1.807) is 0 Å². The molecule has 37 heavy (non-hydrogen) atoms. The fourth-order valence-corrected chi connectivity index (χ4v) is 8.32. The van der Waals surface area contributed by atoms with Crippen molar-refractivity contribution in [2.75, 3.05) is 6.61 Å². The Morgan fingerprint density at radius 1 is 1.24 bits per heavy atom. The number of carbonyl (C=O) groups is 1. The zero-order chi connectivity index (χ0) is 25.8. The summed E-state index contributed by atoms with van der Waals surface area (Å²) in [5.74, 6) is -0.176. The minimum Gasteiger partial charge on any atom is -0.461 e. The van der Waals surface area contributed by atoms with Crippen molar-refractivity contribution in [1.82, 2.24) is 4.90 Å². The Hall–Kier alpha value is -2.18. The number of esters is 1. The second-order valence-corrected chi connectivity index (χ2v) is 11.1. The predicted octanol–water partition coefficient (Wildman–Crippen LogP) is 0.137.